The minimum atomic E-state index is -0.317. The molecule has 10 heteroatoms. The van der Waals surface area contributed by atoms with Gasteiger partial charge in [-0.3, -0.25) is 4.79 Å². The first-order valence-corrected chi connectivity index (χ1v) is 10.1. The second-order valence-electron chi connectivity index (χ2n) is 6.47. The second-order valence-corrected chi connectivity index (χ2v) is 7.91. The number of nitrogens with zero attached hydrogens (tertiary/aromatic N) is 4. The molecule has 4 rings (SSSR count). The summed E-state index contributed by atoms with van der Waals surface area (Å²) in [5.74, 6) is 0.843. The van der Waals surface area contributed by atoms with Crippen LogP contribution in [0.15, 0.2) is 48.9 Å². The van der Waals surface area contributed by atoms with Crippen LogP contribution in [0.4, 0.5) is 16.6 Å². The van der Waals surface area contributed by atoms with E-state index in [1.54, 1.807) is 36.1 Å². The quantitative estimate of drug-likeness (QED) is 0.415. The molecule has 0 spiro atoms. The van der Waals surface area contributed by atoms with Crippen molar-refractivity contribution in [3.05, 3.63) is 69.9 Å². The zero-order valence-electron chi connectivity index (χ0n) is 16.0. The molecule has 3 N–H and O–H groups in total. The summed E-state index contributed by atoms with van der Waals surface area (Å²) < 4.78 is 1.55. The molecule has 0 atom stereocenters. The number of amides is 1. The van der Waals surface area contributed by atoms with Gasteiger partial charge in [-0.25, -0.2) is 14.6 Å². The largest absolute Gasteiger partial charge is 0.508 e. The number of phenols is 1. The summed E-state index contributed by atoms with van der Waals surface area (Å²) in [5.41, 5.74) is 2.05. The molecule has 30 heavy (non-hydrogen) atoms. The molecule has 0 bridgehead atoms. The van der Waals surface area contributed by atoms with Gasteiger partial charge in [0, 0.05) is 11.8 Å². The normalized spacial score (nSPS) is 10.8. The number of thiazole rings is 1. The van der Waals surface area contributed by atoms with Gasteiger partial charge in [0.2, 0.25) is 0 Å². The lowest BCUT2D eigenvalue weighted by molar-refractivity contribution is 0.103. The van der Waals surface area contributed by atoms with Crippen LogP contribution in [-0.2, 0) is 0 Å². The van der Waals surface area contributed by atoms with Crippen molar-refractivity contribution in [2.24, 2.45) is 0 Å². The van der Waals surface area contributed by atoms with Crippen molar-refractivity contribution in [2.45, 2.75) is 13.8 Å². The Bertz CT molecular complexity index is 1220. The van der Waals surface area contributed by atoms with E-state index in [4.69, 9.17) is 11.6 Å². The number of nitrogens with one attached hydrogen (secondary N) is 2. The molecule has 3 aromatic heterocycles. The standard InChI is InChI=1S/C20H17ClN6O2S/c1-11-6-7-14(28)12(2)17(11)24-19(29)15-9-23-20(30-15)25-18-13(21)10-27(26-18)16-5-3-4-8-22-16/h3-10,28H,1-2H3,(H,24,29)(H,23,25,26). The highest BCUT2D eigenvalue weighted by Gasteiger charge is 2.16. The van der Waals surface area contributed by atoms with E-state index in [0.717, 1.165) is 16.9 Å². The molecule has 0 radical (unpaired) electrons. The number of benzene rings is 1. The highest BCUT2D eigenvalue weighted by Crippen LogP contribution is 2.30. The molecule has 8 nitrogen and oxygen atoms in total. The Morgan fingerprint density at radius 1 is 1.20 bits per heavy atom. The number of anilines is 3. The molecular formula is C20H17ClN6O2S. The third-order valence-electron chi connectivity index (χ3n) is 4.39. The lowest BCUT2D eigenvalue weighted by Gasteiger charge is -2.11. The van der Waals surface area contributed by atoms with Gasteiger partial charge in [0.25, 0.3) is 5.91 Å². The van der Waals surface area contributed by atoms with Crippen molar-refractivity contribution in [3.8, 4) is 11.6 Å². The van der Waals surface area contributed by atoms with Crippen molar-refractivity contribution in [3.63, 3.8) is 0 Å². The Kier molecular flexibility index (Phi) is 5.39. The van der Waals surface area contributed by atoms with Crippen molar-refractivity contribution < 1.29 is 9.90 Å². The molecule has 0 unspecified atom stereocenters. The maximum absolute atomic E-state index is 12.6. The molecular weight excluding hydrogens is 424 g/mol. The number of hydrogen-bond acceptors (Lipinski definition) is 7. The highest BCUT2D eigenvalue weighted by molar-refractivity contribution is 7.17. The molecule has 0 fully saturated rings. The first kappa shape index (κ1) is 19.9. The first-order valence-electron chi connectivity index (χ1n) is 8.92. The maximum Gasteiger partial charge on any atom is 0.267 e. The van der Waals surface area contributed by atoms with Crippen LogP contribution in [0.2, 0.25) is 5.02 Å². The zero-order valence-corrected chi connectivity index (χ0v) is 17.6. The van der Waals surface area contributed by atoms with Gasteiger partial charge in [-0.1, -0.05) is 35.1 Å². The van der Waals surface area contributed by atoms with E-state index in [9.17, 15) is 9.90 Å². The van der Waals surface area contributed by atoms with E-state index < -0.39 is 0 Å². The Balaban J connectivity index is 1.51. The van der Waals surface area contributed by atoms with Gasteiger partial charge in [0.05, 0.1) is 18.1 Å². The Labute approximate surface area is 181 Å². The van der Waals surface area contributed by atoms with Crippen LogP contribution in [0.25, 0.3) is 5.82 Å². The van der Waals surface area contributed by atoms with Gasteiger partial charge >= 0.3 is 0 Å². The van der Waals surface area contributed by atoms with Gasteiger partial charge < -0.3 is 15.7 Å². The molecule has 0 aliphatic rings. The van der Waals surface area contributed by atoms with Gasteiger partial charge in [-0.05, 0) is 37.6 Å². The maximum atomic E-state index is 12.6. The summed E-state index contributed by atoms with van der Waals surface area (Å²) in [7, 11) is 0. The Hall–Kier alpha value is -3.43. The monoisotopic (exact) mass is 440 g/mol. The Morgan fingerprint density at radius 3 is 2.80 bits per heavy atom. The summed E-state index contributed by atoms with van der Waals surface area (Å²) in [4.78, 5) is 21.5. The first-order chi connectivity index (χ1) is 14.4. The number of pyridine rings is 1. The molecule has 0 saturated carbocycles. The number of aryl methyl sites for hydroxylation is 1. The minimum Gasteiger partial charge on any atom is -0.508 e. The molecule has 3 heterocycles. The fourth-order valence-electron chi connectivity index (χ4n) is 2.79. The molecule has 152 valence electrons. The number of phenolic OH excluding ortho intramolecular Hbond substituents is 1. The average Bonchev–Trinajstić information content (AvgIpc) is 3.36. The van der Waals surface area contributed by atoms with Crippen LogP contribution in [0, 0.1) is 13.8 Å². The van der Waals surface area contributed by atoms with Crippen molar-refractivity contribution in [2.75, 3.05) is 10.6 Å². The predicted molar refractivity (Wildman–Crippen MR) is 117 cm³/mol. The van der Waals surface area contributed by atoms with E-state index in [1.165, 1.54) is 6.20 Å². The van der Waals surface area contributed by atoms with Crippen LogP contribution in [0.3, 0.4) is 0 Å². The number of carbonyl (C=O) groups excluding carboxylic acids is 1. The predicted octanol–water partition coefficient (Wildman–Crippen LogP) is 4.70. The van der Waals surface area contributed by atoms with Crippen molar-refractivity contribution in [1.82, 2.24) is 19.7 Å². The van der Waals surface area contributed by atoms with Crippen molar-refractivity contribution in [1.29, 1.82) is 0 Å². The smallest absolute Gasteiger partial charge is 0.267 e. The van der Waals surface area contributed by atoms with Crippen LogP contribution < -0.4 is 10.6 Å². The molecule has 4 aromatic rings. The van der Waals surface area contributed by atoms with E-state index >= 15 is 0 Å². The summed E-state index contributed by atoms with van der Waals surface area (Å²) in [5, 5.41) is 21.0. The number of carbonyl (C=O) groups is 1. The van der Waals surface area contributed by atoms with Gasteiger partial charge in [-0.2, -0.15) is 0 Å². The summed E-state index contributed by atoms with van der Waals surface area (Å²) in [6.07, 6.45) is 4.78. The van der Waals surface area contributed by atoms with Crippen molar-refractivity contribution >= 4 is 45.5 Å². The Morgan fingerprint density at radius 2 is 2.03 bits per heavy atom. The molecule has 1 amide bonds. The van der Waals surface area contributed by atoms with Crippen LogP contribution in [0.5, 0.6) is 5.75 Å². The number of halogens is 1. The number of hydrogen-bond donors (Lipinski definition) is 3. The van der Waals surface area contributed by atoms with Gasteiger partial charge in [0.15, 0.2) is 16.8 Å². The van der Waals surface area contributed by atoms with Gasteiger partial charge in [-0.15, -0.1) is 5.10 Å². The molecule has 1 aromatic carbocycles. The summed E-state index contributed by atoms with van der Waals surface area (Å²) in [6, 6.07) is 8.83. The van der Waals surface area contributed by atoms with Crippen LogP contribution >= 0.6 is 22.9 Å². The second kappa shape index (κ2) is 8.13. The third kappa shape index (κ3) is 3.98. The fraction of sp³-hybridized carbons (Fsp3) is 0.100. The molecule has 0 aliphatic carbocycles. The van der Waals surface area contributed by atoms with Gasteiger partial charge in [0.1, 0.15) is 15.6 Å². The summed E-state index contributed by atoms with van der Waals surface area (Å²) in [6.45, 7) is 3.61. The lowest BCUT2D eigenvalue weighted by atomic mass is 10.1. The number of aromatic hydroxyl groups is 1. The SMILES string of the molecule is Cc1ccc(O)c(C)c1NC(=O)c1cnc(Nc2nn(-c3ccccn3)cc2Cl)s1. The number of rotatable bonds is 5. The average molecular weight is 441 g/mol. The molecule has 0 aliphatic heterocycles. The third-order valence-corrected chi connectivity index (χ3v) is 5.58. The van der Waals surface area contributed by atoms with Crippen LogP contribution in [0.1, 0.15) is 20.8 Å². The fourth-order valence-corrected chi connectivity index (χ4v) is 3.67. The lowest BCUT2D eigenvalue weighted by Crippen LogP contribution is -2.12. The molecule has 0 saturated heterocycles. The minimum absolute atomic E-state index is 0.126. The van der Waals surface area contributed by atoms with E-state index in [1.807, 2.05) is 25.1 Å². The van der Waals surface area contributed by atoms with E-state index in [2.05, 4.69) is 25.7 Å². The summed E-state index contributed by atoms with van der Waals surface area (Å²) >= 11 is 7.44. The zero-order chi connectivity index (χ0) is 21.3. The number of aromatic nitrogens is 4. The highest BCUT2D eigenvalue weighted by atomic mass is 35.5. The topological polar surface area (TPSA) is 105 Å². The van der Waals surface area contributed by atoms with Crippen LogP contribution in [-0.4, -0.2) is 30.8 Å². The van der Waals surface area contributed by atoms with E-state index in [0.29, 0.717) is 37.9 Å². The van der Waals surface area contributed by atoms with E-state index in [-0.39, 0.29) is 11.7 Å².